The molecule has 0 aliphatic rings. The van der Waals surface area contributed by atoms with Gasteiger partial charge in [0.05, 0.1) is 6.33 Å². The number of carbonyl (C=O) groups excluding carboxylic acids is 1. The fraction of sp³-hybridized carbons (Fsp3) is 0.200. The molecule has 2 aromatic rings. The number of rotatable bonds is 4. The molecule has 2 rings (SSSR count). The first-order valence-corrected chi connectivity index (χ1v) is 5.56. The molecular weight excluding hydrogens is 210 g/mol. The molecule has 0 saturated carbocycles. The molecule has 1 amide bonds. The molecule has 2 heterocycles. The van der Waals surface area contributed by atoms with Crippen LogP contribution < -0.4 is 5.32 Å². The predicted molar refractivity (Wildman–Crippen MR) is 58.9 cm³/mol. The molecule has 1 N–H and O–H groups in total. The van der Waals surface area contributed by atoms with E-state index in [-0.39, 0.29) is 5.91 Å². The Morgan fingerprint density at radius 1 is 1.60 bits per heavy atom. The number of thiophene rings is 1. The van der Waals surface area contributed by atoms with E-state index < -0.39 is 0 Å². The Morgan fingerprint density at radius 2 is 2.53 bits per heavy atom. The third-order valence-corrected chi connectivity index (χ3v) is 2.68. The Hall–Kier alpha value is -1.62. The van der Waals surface area contributed by atoms with Crippen LogP contribution in [0.1, 0.15) is 10.4 Å². The molecule has 15 heavy (non-hydrogen) atoms. The molecule has 2 aromatic heterocycles. The molecular formula is C10H11N3OS. The largest absolute Gasteiger partial charge is 0.350 e. The van der Waals surface area contributed by atoms with Gasteiger partial charge in [-0.1, -0.05) is 0 Å². The molecule has 0 fully saturated rings. The van der Waals surface area contributed by atoms with E-state index >= 15 is 0 Å². The zero-order valence-corrected chi connectivity index (χ0v) is 8.91. The summed E-state index contributed by atoms with van der Waals surface area (Å²) in [5.74, 6) is -0.0173. The number of nitrogens with zero attached hydrogens (tertiary/aromatic N) is 2. The van der Waals surface area contributed by atoms with Crippen molar-refractivity contribution >= 4 is 17.2 Å². The van der Waals surface area contributed by atoms with Crippen molar-refractivity contribution in [2.24, 2.45) is 0 Å². The van der Waals surface area contributed by atoms with E-state index in [1.807, 2.05) is 27.6 Å². The maximum absolute atomic E-state index is 11.5. The van der Waals surface area contributed by atoms with Crippen LogP contribution in [0.25, 0.3) is 0 Å². The van der Waals surface area contributed by atoms with Gasteiger partial charge >= 0.3 is 0 Å². The van der Waals surface area contributed by atoms with E-state index in [0.717, 1.165) is 12.1 Å². The summed E-state index contributed by atoms with van der Waals surface area (Å²) in [6.07, 6.45) is 5.33. The topological polar surface area (TPSA) is 46.9 Å². The Labute approximate surface area is 91.6 Å². The van der Waals surface area contributed by atoms with Crippen LogP contribution in [-0.2, 0) is 6.54 Å². The molecule has 0 aromatic carbocycles. The molecule has 0 bridgehead atoms. The van der Waals surface area contributed by atoms with E-state index in [1.54, 1.807) is 12.5 Å². The maximum atomic E-state index is 11.5. The lowest BCUT2D eigenvalue weighted by atomic mass is 10.3. The van der Waals surface area contributed by atoms with Crippen molar-refractivity contribution in [1.29, 1.82) is 0 Å². The van der Waals surface area contributed by atoms with Gasteiger partial charge in [0, 0.05) is 36.4 Å². The van der Waals surface area contributed by atoms with Gasteiger partial charge in [0.15, 0.2) is 0 Å². The quantitative estimate of drug-likeness (QED) is 0.847. The Morgan fingerprint density at radius 3 is 3.20 bits per heavy atom. The number of carbonyl (C=O) groups is 1. The minimum Gasteiger partial charge on any atom is -0.350 e. The lowest BCUT2D eigenvalue weighted by molar-refractivity contribution is 0.0953. The Bertz CT molecular complexity index is 408. The number of nitrogens with one attached hydrogen (secondary N) is 1. The van der Waals surface area contributed by atoms with Gasteiger partial charge < -0.3 is 9.88 Å². The second kappa shape index (κ2) is 4.75. The summed E-state index contributed by atoms with van der Waals surface area (Å²) in [7, 11) is 0. The van der Waals surface area contributed by atoms with Gasteiger partial charge in [0.25, 0.3) is 5.91 Å². The third-order valence-electron chi connectivity index (χ3n) is 2.00. The van der Waals surface area contributed by atoms with Crippen molar-refractivity contribution in [1.82, 2.24) is 14.9 Å². The Kier molecular flexibility index (Phi) is 3.14. The summed E-state index contributed by atoms with van der Waals surface area (Å²) in [6, 6.07) is 1.82. The zero-order chi connectivity index (χ0) is 10.5. The molecule has 5 heteroatoms. The fourth-order valence-corrected chi connectivity index (χ4v) is 1.85. The number of amides is 1. The van der Waals surface area contributed by atoms with Gasteiger partial charge in [-0.3, -0.25) is 4.79 Å². The van der Waals surface area contributed by atoms with E-state index in [2.05, 4.69) is 10.3 Å². The first kappa shape index (κ1) is 9.92. The summed E-state index contributed by atoms with van der Waals surface area (Å²) in [4.78, 5) is 15.4. The van der Waals surface area contributed by atoms with Crippen molar-refractivity contribution < 1.29 is 4.79 Å². The first-order chi connectivity index (χ1) is 7.36. The average molecular weight is 221 g/mol. The second-order valence-electron chi connectivity index (χ2n) is 3.07. The van der Waals surface area contributed by atoms with Crippen LogP contribution >= 0.6 is 11.3 Å². The Balaban J connectivity index is 1.77. The minimum absolute atomic E-state index is 0.0173. The van der Waals surface area contributed by atoms with Crippen molar-refractivity contribution in [2.75, 3.05) is 6.54 Å². The fourth-order valence-electron chi connectivity index (χ4n) is 1.21. The van der Waals surface area contributed by atoms with Crippen LogP contribution in [-0.4, -0.2) is 22.0 Å². The van der Waals surface area contributed by atoms with Gasteiger partial charge in [-0.15, -0.1) is 0 Å². The molecule has 0 aliphatic carbocycles. The van der Waals surface area contributed by atoms with E-state index in [9.17, 15) is 4.79 Å². The van der Waals surface area contributed by atoms with Crippen LogP contribution in [0.3, 0.4) is 0 Å². The van der Waals surface area contributed by atoms with Crippen LogP contribution in [0, 0.1) is 0 Å². The van der Waals surface area contributed by atoms with Crippen molar-refractivity contribution in [3.8, 4) is 0 Å². The van der Waals surface area contributed by atoms with Crippen LogP contribution in [0.15, 0.2) is 35.5 Å². The molecule has 0 unspecified atom stereocenters. The van der Waals surface area contributed by atoms with E-state index in [4.69, 9.17) is 0 Å². The molecule has 0 atom stereocenters. The molecule has 0 saturated heterocycles. The standard InChI is InChI=1S/C10H11N3OS/c14-10(9-1-6-15-7-9)12-3-5-13-4-2-11-8-13/h1-2,4,6-8H,3,5H2,(H,12,14). The highest BCUT2D eigenvalue weighted by Crippen LogP contribution is 2.04. The number of hydrogen-bond donors (Lipinski definition) is 1. The highest BCUT2D eigenvalue weighted by molar-refractivity contribution is 7.08. The predicted octanol–water partition coefficient (Wildman–Crippen LogP) is 1.37. The van der Waals surface area contributed by atoms with Crippen molar-refractivity contribution in [2.45, 2.75) is 6.54 Å². The average Bonchev–Trinajstić information content (AvgIpc) is 2.90. The molecule has 4 nitrogen and oxygen atoms in total. The molecule has 78 valence electrons. The maximum Gasteiger partial charge on any atom is 0.252 e. The van der Waals surface area contributed by atoms with Gasteiger partial charge in [-0.2, -0.15) is 11.3 Å². The first-order valence-electron chi connectivity index (χ1n) is 4.62. The monoisotopic (exact) mass is 221 g/mol. The summed E-state index contributed by atoms with van der Waals surface area (Å²) >= 11 is 1.52. The SMILES string of the molecule is O=C(NCCn1ccnc1)c1ccsc1. The van der Waals surface area contributed by atoms with E-state index in [0.29, 0.717) is 6.54 Å². The summed E-state index contributed by atoms with van der Waals surface area (Å²) < 4.78 is 1.92. The third kappa shape index (κ3) is 2.66. The zero-order valence-electron chi connectivity index (χ0n) is 8.09. The number of aromatic nitrogens is 2. The van der Waals surface area contributed by atoms with Crippen molar-refractivity contribution in [3.05, 3.63) is 41.1 Å². The normalized spacial score (nSPS) is 10.1. The minimum atomic E-state index is -0.0173. The highest BCUT2D eigenvalue weighted by Gasteiger charge is 2.03. The number of imidazole rings is 1. The molecule has 0 aliphatic heterocycles. The number of hydrogen-bond acceptors (Lipinski definition) is 3. The van der Waals surface area contributed by atoms with Crippen molar-refractivity contribution in [3.63, 3.8) is 0 Å². The highest BCUT2D eigenvalue weighted by atomic mass is 32.1. The summed E-state index contributed by atoms with van der Waals surface area (Å²) in [5, 5.41) is 6.58. The van der Waals surface area contributed by atoms with Gasteiger partial charge in [-0.25, -0.2) is 4.98 Å². The van der Waals surface area contributed by atoms with Gasteiger partial charge in [0.2, 0.25) is 0 Å². The van der Waals surface area contributed by atoms with Crippen LogP contribution in [0.4, 0.5) is 0 Å². The lowest BCUT2D eigenvalue weighted by Gasteiger charge is -2.03. The van der Waals surface area contributed by atoms with Crippen LogP contribution in [0.5, 0.6) is 0 Å². The smallest absolute Gasteiger partial charge is 0.252 e. The summed E-state index contributed by atoms with van der Waals surface area (Å²) in [5.41, 5.74) is 0.727. The lowest BCUT2D eigenvalue weighted by Crippen LogP contribution is -2.26. The molecule has 0 spiro atoms. The molecule has 0 radical (unpaired) electrons. The second-order valence-corrected chi connectivity index (χ2v) is 3.85. The van der Waals surface area contributed by atoms with Crippen LogP contribution in [0.2, 0.25) is 0 Å². The van der Waals surface area contributed by atoms with Gasteiger partial charge in [-0.05, 0) is 11.4 Å². The summed E-state index contributed by atoms with van der Waals surface area (Å²) in [6.45, 7) is 1.36. The van der Waals surface area contributed by atoms with E-state index in [1.165, 1.54) is 11.3 Å². The van der Waals surface area contributed by atoms with Gasteiger partial charge in [0.1, 0.15) is 0 Å².